The summed E-state index contributed by atoms with van der Waals surface area (Å²) in [5.41, 5.74) is 3.04. The van der Waals surface area contributed by atoms with Gasteiger partial charge in [-0.05, 0) is 54.8 Å². The summed E-state index contributed by atoms with van der Waals surface area (Å²) in [6, 6.07) is 12.5. The monoisotopic (exact) mass is 295 g/mol. The van der Waals surface area contributed by atoms with Gasteiger partial charge >= 0.3 is 0 Å². The molecule has 0 saturated carbocycles. The third-order valence-corrected chi connectivity index (χ3v) is 3.85. The summed E-state index contributed by atoms with van der Waals surface area (Å²) in [4.78, 5) is 24.1. The highest BCUT2D eigenvalue weighted by molar-refractivity contribution is 6.05. The number of anilines is 1. The molecular formula is C18H17NO3. The minimum Gasteiger partial charge on any atom is -0.497 e. The predicted molar refractivity (Wildman–Crippen MR) is 84.7 cm³/mol. The Bertz CT molecular complexity index is 737. The zero-order valence-electron chi connectivity index (χ0n) is 12.4. The van der Waals surface area contributed by atoms with Gasteiger partial charge < -0.3 is 10.1 Å². The Morgan fingerprint density at radius 3 is 2.82 bits per heavy atom. The second-order valence-corrected chi connectivity index (χ2v) is 5.33. The minimum atomic E-state index is -0.194. The molecule has 0 bridgehead atoms. The van der Waals surface area contributed by atoms with Crippen molar-refractivity contribution in [3.05, 3.63) is 59.2 Å². The summed E-state index contributed by atoms with van der Waals surface area (Å²) >= 11 is 0. The van der Waals surface area contributed by atoms with Crippen LogP contribution in [0.4, 0.5) is 5.69 Å². The number of hydrogen-bond acceptors (Lipinski definition) is 3. The first-order valence-electron chi connectivity index (χ1n) is 7.29. The smallest absolute Gasteiger partial charge is 0.255 e. The molecule has 112 valence electrons. The lowest BCUT2D eigenvalue weighted by Crippen LogP contribution is -2.14. The van der Waals surface area contributed by atoms with Gasteiger partial charge in [0.05, 0.1) is 7.11 Å². The largest absolute Gasteiger partial charge is 0.497 e. The van der Waals surface area contributed by atoms with Gasteiger partial charge in [-0.2, -0.15) is 0 Å². The van der Waals surface area contributed by atoms with Crippen LogP contribution in [0, 0.1) is 0 Å². The van der Waals surface area contributed by atoms with Gasteiger partial charge in [-0.25, -0.2) is 0 Å². The van der Waals surface area contributed by atoms with Crippen molar-refractivity contribution >= 4 is 17.4 Å². The van der Waals surface area contributed by atoms with Crippen LogP contribution in [-0.2, 0) is 6.42 Å². The highest BCUT2D eigenvalue weighted by Crippen LogP contribution is 2.24. The molecule has 0 unspecified atom stereocenters. The van der Waals surface area contributed by atoms with Crippen LogP contribution in [0.25, 0.3) is 0 Å². The van der Waals surface area contributed by atoms with E-state index in [1.165, 1.54) is 0 Å². The van der Waals surface area contributed by atoms with Crippen LogP contribution in [-0.4, -0.2) is 18.8 Å². The average Bonchev–Trinajstić information content (AvgIpc) is 2.55. The van der Waals surface area contributed by atoms with Crippen LogP contribution >= 0.6 is 0 Å². The number of carbonyl (C=O) groups is 2. The third kappa shape index (κ3) is 2.86. The Hall–Kier alpha value is -2.62. The molecule has 1 amide bonds. The lowest BCUT2D eigenvalue weighted by atomic mass is 9.90. The summed E-state index contributed by atoms with van der Waals surface area (Å²) in [7, 11) is 1.57. The van der Waals surface area contributed by atoms with Crippen LogP contribution in [0.15, 0.2) is 42.5 Å². The van der Waals surface area contributed by atoms with E-state index in [1.807, 2.05) is 6.07 Å². The number of aryl methyl sites for hydroxylation is 1. The van der Waals surface area contributed by atoms with Gasteiger partial charge in [-0.1, -0.05) is 6.07 Å². The van der Waals surface area contributed by atoms with Crippen molar-refractivity contribution in [2.75, 3.05) is 12.4 Å². The molecule has 2 aromatic rings. The number of benzene rings is 2. The van der Waals surface area contributed by atoms with Gasteiger partial charge in [-0.15, -0.1) is 0 Å². The van der Waals surface area contributed by atoms with Gasteiger partial charge in [0.2, 0.25) is 0 Å². The Kier molecular flexibility index (Phi) is 3.92. The van der Waals surface area contributed by atoms with E-state index in [4.69, 9.17) is 4.74 Å². The molecule has 2 aromatic carbocycles. The Morgan fingerprint density at radius 1 is 1.14 bits per heavy atom. The molecule has 1 N–H and O–H groups in total. The number of nitrogens with one attached hydrogen (secondary N) is 1. The molecule has 4 heteroatoms. The summed E-state index contributed by atoms with van der Waals surface area (Å²) in [5.74, 6) is 0.636. The third-order valence-electron chi connectivity index (χ3n) is 3.85. The van der Waals surface area contributed by atoms with Crippen molar-refractivity contribution in [3.63, 3.8) is 0 Å². The molecular weight excluding hydrogens is 278 g/mol. The SMILES string of the molecule is COc1cccc(C(=O)Nc2ccc3c(c2)CCCC3=O)c1. The molecule has 0 saturated heterocycles. The van der Waals surface area contributed by atoms with Crippen molar-refractivity contribution in [1.29, 1.82) is 0 Å². The van der Waals surface area contributed by atoms with Crippen molar-refractivity contribution < 1.29 is 14.3 Å². The van der Waals surface area contributed by atoms with E-state index in [0.717, 1.165) is 24.0 Å². The highest BCUT2D eigenvalue weighted by Gasteiger charge is 2.17. The lowest BCUT2D eigenvalue weighted by Gasteiger charge is -2.16. The van der Waals surface area contributed by atoms with Crippen LogP contribution < -0.4 is 10.1 Å². The first-order valence-corrected chi connectivity index (χ1v) is 7.29. The van der Waals surface area contributed by atoms with E-state index < -0.39 is 0 Å². The fourth-order valence-corrected chi connectivity index (χ4v) is 2.69. The number of hydrogen-bond donors (Lipinski definition) is 1. The van der Waals surface area contributed by atoms with Crippen LogP contribution in [0.5, 0.6) is 5.75 Å². The van der Waals surface area contributed by atoms with Gasteiger partial charge in [0.15, 0.2) is 5.78 Å². The number of rotatable bonds is 3. The zero-order valence-corrected chi connectivity index (χ0v) is 12.4. The first kappa shape index (κ1) is 14.3. The summed E-state index contributed by atoms with van der Waals surface area (Å²) < 4.78 is 5.12. The lowest BCUT2D eigenvalue weighted by molar-refractivity contribution is 0.0971. The maximum Gasteiger partial charge on any atom is 0.255 e. The van der Waals surface area contributed by atoms with Crippen molar-refractivity contribution in [2.24, 2.45) is 0 Å². The maximum absolute atomic E-state index is 12.3. The number of methoxy groups -OCH3 is 1. The molecule has 22 heavy (non-hydrogen) atoms. The fraction of sp³-hybridized carbons (Fsp3) is 0.222. The predicted octanol–water partition coefficient (Wildman–Crippen LogP) is 3.47. The quantitative estimate of drug-likeness (QED) is 0.943. The second-order valence-electron chi connectivity index (χ2n) is 5.33. The normalized spacial score (nSPS) is 13.4. The zero-order chi connectivity index (χ0) is 15.5. The number of ketones is 1. The second kappa shape index (κ2) is 6.02. The van der Waals surface area contributed by atoms with E-state index >= 15 is 0 Å². The summed E-state index contributed by atoms with van der Waals surface area (Å²) in [6.07, 6.45) is 2.37. The van der Waals surface area contributed by atoms with Gasteiger partial charge in [0.25, 0.3) is 5.91 Å². The molecule has 0 fully saturated rings. The highest BCUT2D eigenvalue weighted by atomic mass is 16.5. The van der Waals surface area contributed by atoms with E-state index in [1.54, 1.807) is 43.5 Å². The van der Waals surface area contributed by atoms with E-state index in [0.29, 0.717) is 23.4 Å². The molecule has 1 aliphatic rings. The van der Waals surface area contributed by atoms with Gasteiger partial charge in [0, 0.05) is 23.2 Å². The Labute approximate surface area is 129 Å². The van der Waals surface area contributed by atoms with Crippen molar-refractivity contribution in [3.8, 4) is 5.75 Å². The first-order chi connectivity index (χ1) is 10.7. The van der Waals surface area contributed by atoms with E-state index in [9.17, 15) is 9.59 Å². The van der Waals surface area contributed by atoms with Gasteiger partial charge in [0.1, 0.15) is 5.75 Å². The number of fused-ring (bicyclic) bond motifs is 1. The van der Waals surface area contributed by atoms with Crippen LogP contribution in [0.2, 0.25) is 0 Å². The van der Waals surface area contributed by atoms with Crippen molar-refractivity contribution in [2.45, 2.75) is 19.3 Å². The van der Waals surface area contributed by atoms with Crippen LogP contribution in [0.1, 0.15) is 39.1 Å². The van der Waals surface area contributed by atoms with E-state index in [2.05, 4.69) is 5.32 Å². The van der Waals surface area contributed by atoms with E-state index in [-0.39, 0.29) is 11.7 Å². The Morgan fingerprint density at radius 2 is 2.00 bits per heavy atom. The summed E-state index contributed by atoms with van der Waals surface area (Å²) in [6.45, 7) is 0. The van der Waals surface area contributed by atoms with Crippen molar-refractivity contribution in [1.82, 2.24) is 0 Å². The topological polar surface area (TPSA) is 55.4 Å². The molecule has 0 atom stereocenters. The molecule has 0 radical (unpaired) electrons. The molecule has 0 aliphatic heterocycles. The molecule has 1 aliphatic carbocycles. The minimum absolute atomic E-state index is 0.187. The van der Waals surface area contributed by atoms with Gasteiger partial charge in [-0.3, -0.25) is 9.59 Å². The molecule has 0 spiro atoms. The molecule has 4 nitrogen and oxygen atoms in total. The number of ether oxygens (including phenoxy) is 1. The number of carbonyl (C=O) groups excluding carboxylic acids is 2. The number of Topliss-reactive ketones (excluding diaryl/α,β-unsaturated/α-hetero) is 1. The fourth-order valence-electron chi connectivity index (χ4n) is 2.69. The Balaban J connectivity index is 1.80. The summed E-state index contributed by atoms with van der Waals surface area (Å²) in [5, 5.41) is 2.87. The standard InChI is InChI=1S/C18H17NO3/c1-22-15-6-2-5-13(11-15)18(21)19-14-8-9-16-12(10-14)4-3-7-17(16)20/h2,5-6,8-11H,3-4,7H2,1H3,(H,19,21). The van der Waals surface area contributed by atoms with Crippen LogP contribution in [0.3, 0.4) is 0 Å². The molecule has 3 rings (SSSR count). The average molecular weight is 295 g/mol. The number of amides is 1. The molecule has 0 heterocycles. The maximum atomic E-state index is 12.3. The molecule has 0 aromatic heterocycles.